The number of hydrogen-bond donors (Lipinski definition) is 2. The lowest BCUT2D eigenvalue weighted by molar-refractivity contribution is 0.440. The summed E-state index contributed by atoms with van der Waals surface area (Å²) in [6.45, 7) is 1.89. The van der Waals surface area contributed by atoms with Crippen molar-refractivity contribution >= 4 is 15.9 Å². The molecule has 3 N–H and O–H groups in total. The molecule has 0 unspecified atom stereocenters. The molecule has 1 aliphatic rings. The van der Waals surface area contributed by atoms with Crippen LogP contribution in [0, 0.1) is 6.92 Å². The molecule has 0 saturated heterocycles. The van der Waals surface area contributed by atoms with Crippen LogP contribution >= 0.6 is 15.9 Å². The molecular weight excluding hydrogens is 254 g/mol. The lowest BCUT2D eigenvalue weighted by Crippen LogP contribution is -2.33. The summed E-state index contributed by atoms with van der Waals surface area (Å²) in [6, 6.07) is 3.97. The number of benzene rings is 1. The largest absolute Gasteiger partial charge is 0.506 e. The molecule has 2 rings (SSSR count). The van der Waals surface area contributed by atoms with Gasteiger partial charge in [0.05, 0.1) is 4.47 Å². The molecule has 1 aromatic carbocycles. The van der Waals surface area contributed by atoms with E-state index in [4.69, 9.17) is 5.73 Å². The Morgan fingerprint density at radius 2 is 1.93 bits per heavy atom. The van der Waals surface area contributed by atoms with Crippen LogP contribution in [0.25, 0.3) is 0 Å². The van der Waals surface area contributed by atoms with Crippen LogP contribution in [0.1, 0.15) is 36.8 Å². The van der Waals surface area contributed by atoms with Gasteiger partial charge in [0.15, 0.2) is 0 Å². The van der Waals surface area contributed by atoms with Crippen molar-refractivity contribution in [2.75, 3.05) is 0 Å². The highest BCUT2D eigenvalue weighted by Crippen LogP contribution is 2.43. The molecule has 0 amide bonds. The fourth-order valence-electron chi connectivity index (χ4n) is 2.32. The summed E-state index contributed by atoms with van der Waals surface area (Å²) in [5.74, 6) is 0.323. The Hall–Kier alpha value is -0.540. The normalized spacial score (nSPS) is 19.4. The molecule has 0 atom stereocenters. The Bertz CT molecular complexity index is 383. The number of rotatable bonds is 1. The predicted octanol–water partition coefficient (Wildman–Crippen LogP) is 3.19. The Kier molecular flexibility index (Phi) is 2.77. The summed E-state index contributed by atoms with van der Waals surface area (Å²) in [6.07, 6.45) is 4.37. The van der Waals surface area contributed by atoms with Gasteiger partial charge in [-0.25, -0.2) is 0 Å². The average Bonchev–Trinajstić information content (AvgIpc) is 2.62. The number of aryl methyl sites for hydroxylation is 1. The SMILES string of the molecule is Cc1ccc(C2(N)CCCC2)c(Br)c1O. The highest BCUT2D eigenvalue weighted by atomic mass is 79.9. The zero-order valence-corrected chi connectivity index (χ0v) is 10.5. The first-order valence-electron chi connectivity index (χ1n) is 5.32. The molecule has 1 saturated carbocycles. The number of nitrogens with two attached hydrogens (primary N) is 1. The number of aromatic hydroxyl groups is 1. The van der Waals surface area contributed by atoms with Gasteiger partial charge < -0.3 is 10.8 Å². The molecule has 15 heavy (non-hydrogen) atoms. The highest BCUT2D eigenvalue weighted by Gasteiger charge is 2.33. The van der Waals surface area contributed by atoms with E-state index >= 15 is 0 Å². The van der Waals surface area contributed by atoms with Crippen LogP contribution in [0.3, 0.4) is 0 Å². The van der Waals surface area contributed by atoms with E-state index in [0.29, 0.717) is 5.75 Å². The maximum atomic E-state index is 9.86. The first kappa shape index (κ1) is 11.0. The fraction of sp³-hybridized carbons (Fsp3) is 0.500. The molecule has 3 heteroatoms. The van der Waals surface area contributed by atoms with E-state index in [1.807, 2.05) is 19.1 Å². The monoisotopic (exact) mass is 269 g/mol. The molecule has 0 bridgehead atoms. The number of phenols is 1. The Balaban J connectivity index is 2.49. The molecule has 1 aliphatic carbocycles. The van der Waals surface area contributed by atoms with Gasteiger partial charge in [0.1, 0.15) is 5.75 Å². The van der Waals surface area contributed by atoms with Gasteiger partial charge in [0.25, 0.3) is 0 Å². The fourth-order valence-corrected chi connectivity index (χ4v) is 3.16. The van der Waals surface area contributed by atoms with E-state index in [9.17, 15) is 5.11 Å². The maximum absolute atomic E-state index is 9.86. The maximum Gasteiger partial charge on any atom is 0.133 e. The van der Waals surface area contributed by atoms with Gasteiger partial charge in [-0.1, -0.05) is 25.0 Å². The molecule has 0 aliphatic heterocycles. The van der Waals surface area contributed by atoms with E-state index in [0.717, 1.165) is 28.4 Å². The van der Waals surface area contributed by atoms with Gasteiger partial charge in [0.2, 0.25) is 0 Å². The van der Waals surface area contributed by atoms with Crippen molar-refractivity contribution < 1.29 is 5.11 Å². The van der Waals surface area contributed by atoms with E-state index in [-0.39, 0.29) is 5.54 Å². The van der Waals surface area contributed by atoms with Crippen molar-refractivity contribution in [3.63, 3.8) is 0 Å². The molecule has 0 aromatic heterocycles. The van der Waals surface area contributed by atoms with Gasteiger partial charge in [-0.3, -0.25) is 0 Å². The Labute approximate surface area is 98.6 Å². The van der Waals surface area contributed by atoms with E-state index < -0.39 is 0 Å². The van der Waals surface area contributed by atoms with Crippen LogP contribution in [0.2, 0.25) is 0 Å². The summed E-state index contributed by atoms with van der Waals surface area (Å²) in [5.41, 5.74) is 8.04. The van der Waals surface area contributed by atoms with Crippen LogP contribution in [0.5, 0.6) is 5.75 Å². The molecule has 2 nitrogen and oxygen atoms in total. The third-order valence-electron chi connectivity index (χ3n) is 3.35. The number of halogens is 1. The second-order valence-electron chi connectivity index (χ2n) is 4.46. The molecule has 0 spiro atoms. The minimum atomic E-state index is -0.246. The second-order valence-corrected chi connectivity index (χ2v) is 5.25. The average molecular weight is 270 g/mol. The first-order valence-corrected chi connectivity index (χ1v) is 6.11. The van der Waals surface area contributed by atoms with Crippen LogP contribution in [-0.4, -0.2) is 5.11 Å². The van der Waals surface area contributed by atoms with Crippen molar-refractivity contribution in [1.82, 2.24) is 0 Å². The van der Waals surface area contributed by atoms with Gasteiger partial charge in [-0.05, 0) is 46.8 Å². The van der Waals surface area contributed by atoms with Gasteiger partial charge >= 0.3 is 0 Å². The number of hydrogen-bond acceptors (Lipinski definition) is 2. The molecule has 1 aromatic rings. The number of phenolic OH excluding ortho intramolecular Hbond substituents is 1. The molecule has 82 valence electrons. The summed E-state index contributed by atoms with van der Waals surface area (Å²) in [5, 5.41) is 9.86. The van der Waals surface area contributed by atoms with Crippen molar-refractivity contribution in [3.05, 3.63) is 27.7 Å². The smallest absolute Gasteiger partial charge is 0.133 e. The van der Waals surface area contributed by atoms with Crippen LogP contribution < -0.4 is 5.73 Å². The lowest BCUT2D eigenvalue weighted by Gasteiger charge is -2.26. The van der Waals surface area contributed by atoms with E-state index in [1.165, 1.54) is 12.8 Å². The summed E-state index contributed by atoms with van der Waals surface area (Å²) >= 11 is 3.45. The third kappa shape index (κ3) is 1.79. The van der Waals surface area contributed by atoms with Crippen molar-refractivity contribution in [2.24, 2.45) is 5.73 Å². The summed E-state index contributed by atoms with van der Waals surface area (Å²) < 4.78 is 0.770. The first-order chi connectivity index (χ1) is 7.04. The van der Waals surface area contributed by atoms with Gasteiger partial charge in [-0.2, -0.15) is 0 Å². The minimum absolute atomic E-state index is 0.246. The van der Waals surface area contributed by atoms with E-state index in [2.05, 4.69) is 15.9 Å². The third-order valence-corrected chi connectivity index (χ3v) is 4.15. The lowest BCUT2D eigenvalue weighted by atomic mass is 9.88. The van der Waals surface area contributed by atoms with Crippen molar-refractivity contribution in [2.45, 2.75) is 38.1 Å². The molecule has 0 heterocycles. The van der Waals surface area contributed by atoms with Crippen LogP contribution in [-0.2, 0) is 5.54 Å². The summed E-state index contributed by atoms with van der Waals surface area (Å²) in [7, 11) is 0. The van der Waals surface area contributed by atoms with Crippen molar-refractivity contribution in [3.8, 4) is 5.75 Å². The minimum Gasteiger partial charge on any atom is -0.506 e. The second kappa shape index (κ2) is 3.80. The zero-order valence-electron chi connectivity index (χ0n) is 8.89. The Morgan fingerprint density at radius 3 is 2.53 bits per heavy atom. The summed E-state index contributed by atoms with van der Waals surface area (Å²) in [4.78, 5) is 0. The zero-order chi connectivity index (χ0) is 11.1. The van der Waals surface area contributed by atoms with Gasteiger partial charge in [-0.15, -0.1) is 0 Å². The molecule has 0 radical (unpaired) electrons. The van der Waals surface area contributed by atoms with Crippen molar-refractivity contribution in [1.29, 1.82) is 0 Å². The molecule has 1 fully saturated rings. The quantitative estimate of drug-likeness (QED) is 0.823. The standard InChI is InChI=1S/C12H16BrNO/c1-8-4-5-9(10(13)11(8)15)12(14)6-2-3-7-12/h4-5,15H,2-3,6-7,14H2,1H3. The Morgan fingerprint density at radius 1 is 1.33 bits per heavy atom. The molecular formula is C12H16BrNO. The van der Waals surface area contributed by atoms with E-state index in [1.54, 1.807) is 0 Å². The van der Waals surface area contributed by atoms with Gasteiger partial charge in [0, 0.05) is 5.54 Å². The topological polar surface area (TPSA) is 46.2 Å². The predicted molar refractivity (Wildman–Crippen MR) is 64.9 cm³/mol. The highest BCUT2D eigenvalue weighted by molar-refractivity contribution is 9.10. The van der Waals surface area contributed by atoms with Crippen LogP contribution in [0.15, 0.2) is 16.6 Å². The van der Waals surface area contributed by atoms with Crippen LogP contribution in [0.4, 0.5) is 0 Å².